The number of hydrogen-bond acceptors (Lipinski definition) is 4. The molecule has 0 spiro atoms. The molecular formula is C15H15F3N2OS. The molecule has 7 heteroatoms. The monoisotopic (exact) mass is 328 g/mol. The predicted octanol–water partition coefficient (Wildman–Crippen LogP) is 4.08. The number of aliphatic hydroxyl groups is 1. The molecule has 0 radical (unpaired) electrons. The average molecular weight is 328 g/mol. The number of nitrogens with zero attached hydrogens (tertiary/aromatic N) is 2. The number of thioether (sulfide) groups is 1. The van der Waals surface area contributed by atoms with Gasteiger partial charge in [0, 0.05) is 10.5 Å². The van der Waals surface area contributed by atoms with Crippen molar-refractivity contribution >= 4 is 11.8 Å². The standard InChI is InChI=1S/C15H15F3N2OS/c1-3-22-13-6-10(15(16,17)18)4-5-11(13)14-9(2)12(7-21)19-8-20-14/h4-6,8,21H,3,7H2,1-2H3. The molecule has 118 valence electrons. The van der Waals surface area contributed by atoms with Gasteiger partial charge in [-0.25, -0.2) is 9.97 Å². The Morgan fingerprint density at radius 3 is 2.55 bits per heavy atom. The quantitative estimate of drug-likeness (QED) is 0.859. The van der Waals surface area contributed by atoms with Crippen LogP contribution in [0.3, 0.4) is 0 Å². The van der Waals surface area contributed by atoms with E-state index in [0.29, 0.717) is 33.2 Å². The lowest BCUT2D eigenvalue weighted by atomic mass is 10.0. The molecule has 0 amide bonds. The first-order valence-corrected chi connectivity index (χ1v) is 7.62. The summed E-state index contributed by atoms with van der Waals surface area (Å²) in [6.07, 6.45) is -3.06. The molecule has 0 saturated heterocycles. The summed E-state index contributed by atoms with van der Waals surface area (Å²) in [6.45, 7) is 3.39. The van der Waals surface area contributed by atoms with Crippen LogP contribution in [-0.4, -0.2) is 20.8 Å². The van der Waals surface area contributed by atoms with E-state index < -0.39 is 11.7 Å². The highest BCUT2D eigenvalue weighted by atomic mass is 32.2. The first-order valence-electron chi connectivity index (χ1n) is 6.64. The first kappa shape index (κ1) is 16.8. The fourth-order valence-electron chi connectivity index (χ4n) is 2.09. The van der Waals surface area contributed by atoms with E-state index in [1.807, 2.05) is 6.92 Å². The van der Waals surface area contributed by atoms with E-state index in [-0.39, 0.29) is 6.61 Å². The third-order valence-electron chi connectivity index (χ3n) is 3.20. The van der Waals surface area contributed by atoms with Crippen molar-refractivity contribution in [3.63, 3.8) is 0 Å². The summed E-state index contributed by atoms with van der Waals surface area (Å²) in [7, 11) is 0. The summed E-state index contributed by atoms with van der Waals surface area (Å²) >= 11 is 1.33. The summed E-state index contributed by atoms with van der Waals surface area (Å²) < 4.78 is 38.6. The molecule has 0 saturated carbocycles. The van der Waals surface area contributed by atoms with Gasteiger partial charge in [-0.15, -0.1) is 11.8 Å². The third-order valence-corrected chi connectivity index (χ3v) is 4.14. The smallest absolute Gasteiger partial charge is 0.390 e. The Kier molecular flexibility index (Phi) is 5.08. The maximum absolute atomic E-state index is 12.9. The molecule has 0 aliphatic heterocycles. The molecule has 0 unspecified atom stereocenters. The van der Waals surface area contributed by atoms with E-state index in [2.05, 4.69) is 9.97 Å². The molecule has 3 nitrogen and oxygen atoms in total. The van der Waals surface area contributed by atoms with E-state index in [1.165, 1.54) is 24.2 Å². The Hall–Kier alpha value is -1.60. The van der Waals surface area contributed by atoms with E-state index in [9.17, 15) is 18.3 Å². The lowest BCUT2D eigenvalue weighted by Crippen LogP contribution is -2.06. The Labute approximate surface area is 130 Å². The summed E-state index contributed by atoms with van der Waals surface area (Å²) in [6, 6.07) is 3.62. The van der Waals surface area contributed by atoms with Crippen LogP contribution in [0.25, 0.3) is 11.3 Å². The summed E-state index contributed by atoms with van der Waals surface area (Å²) in [5.41, 5.74) is 1.62. The Bertz CT molecular complexity index is 674. The minimum atomic E-state index is -4.38. The Balaban J connectivity index is 2.60. The molecule has 0 fully saturated rings. The molecule has 22 heavy (non-hydrogen) atoms. The fourth-order valence-corrected chi connectivity index (χ4v) is 2.93. The van der Waals surface area contributed by atoms with Gasteiger partial charge in [0.05, 0.1) is 23.6 Å². The van der Waals surface area contributed by atoms with Crippen LogP contribution in [0.5, 0.6) is 0 Å². The molecule has 1 N–H and O–H groups in total. The van der Waals surface area contributed by atoms with Crippen LogP contribution in [-0.2, 0) is 12.8 Å². The number of halogens is 3. The highest BCUT2D eigenvalue weighted by Gasteiger charge is 2.31. The molecular weight excluding hydrogens is 313 g/mol. The minimum absolute atomic E-state index is 0.238. The lowest BCUT2D eigenvalue weighted by molar-refractivity contribution is -0.137. The van der Waals surface area contributed by atoms with E-state index in [4.69, 9.17) is 0 Å². The molecule has 0 atom stereocenters. The third kappa shape index (κ3) is 3.41. The molecule has 1 aromatic carbocycles. The summed E-state index contributed by atoms with van der Waals surface area (Å²) in [5.74, 6) is 0.644. The van der Waals surface area contributed by atoms with Gasteiger partial charge in [0.2, 0.25) is 0 Å². The van der Waals surface area contributed by atoms with Gasteiger partial charge in [0.25, 0.3) is 0 Å². The zero-order valence-corrected chi connectivity index (χ0v) is 12.9. The van der Waals surface area contributed by atoms with Gasteiger partial charge in [0.1, 0.15) is 6.33 Å². The van der Waals surface area contributed by atoms with Crippen LogP contribution in [0.15, 0.2) is 29.4 Å². The number of rotatable bonds is 4. The fraction of sp³-hybridized carbons (Fsp3) is 0.333. The van der Waals surface area contributed by atoms with E-state index in [1.54, 1.807) is 6.92 Å². The maximum Gasteiger partial charge on any atom is 0.416 e. The van der Waals surface area contributed by atoms with Gasteiger partial charge in [-0.3, -0.25) is 0 Å². The number of benzene rings is 1. The molecule has 0 aliphatic rings. The van der Waals surface area contributed by atoms with Crippen LogP contribution in [0.1, 0.15) is 23.7 Å². The van der Waals surface area contributed by atoms with Gasteiger partial charge in [-0.05, 0) is 30.4 Å². The molecule has 0 bridgehead atoms. The van der Waals surface area contributed by atoms with E-state index >= 15 is 0 Å². The first-order chi connectivity index (χ1) is 10.4. The number of aromatic nitrogens is 2. The molecule has 1 heterocycles. The van der Waals surface area contributed by atoms with Crippen molar-refractivity contribution in [3.05, 3.63) is 41.3 Å². The average Bonchev–Trinajstić information content (AvgIpc) is 2.47. The van der Waals surface area contributed by atoms with Crippen LogP contribution < -0.4 is 0 Å². The maximum atomic E-state index is 12.9. The zero-order chi connectivity index (χ0) is 16.3. The SMILES string of the molecule is CCSc1cc(C(F)(F)F)ccc1-c1ncnc(CO)c1C. The molecule has 2 rings (SSSR count). The topological polar surface area (TPSA) is 46.0 Å². The second-order valence-corrected chi connectivity index (χ2v) is 5.90. The highest BCUT2D eigenvalue weighted by Crippen LogP contribution is 2.38. The van der Waals surface area contributed by atoms with Crippen molar-refractivity contribution in [2.75, 3.05) is 5.75 Å². The number of aliphatic hydroxyl groups excluding tert-OH is 1. The van der Waals surface area contributed by atoms with Gasteiger partial charge >= 0.3 is 6.18 Å². The normalized spacial score (nSPS) is 11.7. The number of alkyl halides is 3. The van der Waals surface area contributed by atoms with Gasteiger partial charge in [-0.1, -0.05) is 13.0 Å². The van der Waals surface area contributed by atoms with Crippen LogP contribution in [0, 0.1) is 6.92 Å². The van der Waals surface area contributed by atoms with Crippen molar-refractivity contribution in [1.29, 1.82) is 0 Å². The molecule has 1 aromatic heterocycles. The van der Waals surface area contributed by atoms with Crippen molar-refractivity contribution in [2.45, 2.75) is 31.5 Å². The van der Waals surface area contributed by atoms with Crippen molar-refractivity contribution in [1.82, 2.24) is 9.97 Å². The van der Waals surface area contributed by atoms with Crippen LogP contribution in [0.2, 0.25) is 0 Å². The Morgan fingerprint density at radius 2 is 1.95 bits per heavy atom. The molecule has 2 aromatic rings. The zero-order valence-electron chi connectivity index (χ0n) is 12.1. The van der Waals surface area contributed by atoms with Crippen molar-refractivity contribution in [3.8, 4) is 11.3 Å². The minimum Gasteiger partial charge on any atom is -0.390 e. The lowest BCUT2D eigenvalue weighted by Gasteiger charge is -2.14. The number of hydrogen-bond donors (Lipinski definition) is 1. The van der Waals surface area contributed by atoms with E-state index in [0.717, 1.165) is 12.1 Å². The van der Waals surface area contributed by atoms with Gasteiger partial charge < -0.3 is 5.11 Å². The van der Waals surface area contributed by atoms with Gasteiger partial charge in [0.15, 0.2) is 0 Å². The second kappa shape index (κ2) is 6.66. The van der Waals surface area contributed by atoms with Crippen molar-refractivity contribution in [2.24, 2.45) is 0 Å². The summed E-state index contributed by atoms with van der Waals surface area (Å²) in [4.78, 5) is 8.66. The largest absolute Gasteiger partial charge is 0.416 e. The summed E-state index contributed by atoms with van der Waals surface area (Å²) in [5, 5.41) is 9.27. The van der Waals surface area contributed by atoms with Crippen molar-refractivity contribution < 1.29 is 18.3 Å². The highest BCUT2D eigenvalue weighted by molar-refractivity contribution is 7.99. The van der Waals surface area contributed by atoms with Crippen LogP contribution >= 0.6 is 11.8 Å². The van der Waals surface area contributed by atoms with Gasteiger partial charge in [-0.2, -0.15) is 13.2 Å². The Morgan fingerprint density at radius 1 is 1.23 bits per heavy atom. The second-order valence-electron chi connectivity index (χ2n) is 4.59. The molecule has 0 aliphatic carbocycles. The predicted molar refractivity (Wildman–Crippen MR) is 79.5 cm³/mol. The van der Waals surface area contributed by atoms with Crippen LogP contribution in [0.4, 0.5) is 13.2 Å².